The second kappa shape index (κ2) is 11.7. The van der Waals surface area contributed by atoms with Gasteiger partial charge in [0.2, 0.25) is 0 Å². The minimum Gasteiger partial charge on any atom is -0.497 e. The molecule has 1 amide bonds. The van der Waals surface area contributed by atoms with Crippen LogP contribution in [0.2, 0.25) is 0 Å². The number of non-ortho nitro benzene ring substituents is 1. The quantitative estimate of drug-likeness (QED) is 0.229. The number of hydrogen-bond donors (Lipinski definition) is 0. The molecule has 0 fully saturated rings. The number of methoxy groups -OCH3 is 1. The van der Waals surface area contributed by atoms with Crippen LogP contribution < -0.4 is 9.64 Å². The molecule has 4 rings (SSSR count). The fourth-order valence-corrected chi connectivity index (χ4v) is 5.42. The summed E-state index contributed by atoms with van der Waals surface area (Å²) in [4.78, 5) is 42.4. The van der Waals surface area contributed by atoms with Crippen LogP contribution in [0.5, 0.6) is 5.75 Å². The number of ether oxygens (including phenoxy) is 2. The van der Waals surface area contributed by atoms with E-state index in [1.54, 1.807) is 24.1 Å². The van der Waals surface area contributed by atoms with E-state index in [1.807, 2.05) is 56.3 Å². The first kappa shape index (κ1) is 27.2. The molecule has 1 heterocycles. The molecule has 1 aliphatic rings. The van der Waals surface area contributed by atoms with E-state index >= 15 is 0 Å². The second-order valence-corrected chi connectivity index (χ2v) is 10.4. The maximum Gasteiger partial charge on any atom is 0.338 e. The highest BCUT2D eigenvalue weighted by molar-refractivity contribution is 7.99. The Morgan fingerprint density at radius 2 is 1.76 bits per heavy atom. The zero-order valence-electron chi connectivity index (χ0n) is 21.6. The Balaban J connectivity index is 1.76. The second-order valence-electron chi connectivity index (χ2n) is 9.21. The van der Waals surface area contributed by atoms with E-state index < -0.39 is 22.2 Å². The van der Waals surface area contributed by atoms with Crippen LogP contribution in [0.1, 0.15) is 26.7 Å². The van der Waals surface area contributed by atoms with Crippen molar-refractivity contribution in [3.05, 3.63) is 93.5 Å². The molecule has 0 radical (unpaired) electrons. The summed E-state index contributed by atoms with van der Waals surface area (Å²) < 4.78 is 11.2. The molecule has 0 aromatic heterocycles. The van der Waals surface area contributed by atoms with Gasteiger partial charge in [-0.1, -0.05) is 18.2 Å². The first-order valence-electron chi connectivity index (χ1n) is 12.0. The summed E-state index contributed by atoms with van der Waals surface area (Å²) >= 11 is 1.46. The number of benzene rings is 3. The molecule has 0 N–H and O–H groups in total. The lowest BCUT2D eigenvalue weighted by Gasteiger charge is -2.29. The smallest absolute Gasteiger partial charge is 0.338 e. The molecule has 0 spiro atoms. The Kier molecular flexibility index (Phi) is 8.33. The van der Waals surface area contributed by atoms with E-state index in [0.717, 1.165) is 21.7 Å². The molecule has 0 saturated heterocycles. The van der Waals surface area contributed by atoms with Crippen molar-refractivity contribution < 1.29 is 24.0 Å². The topological polar surface area (TPSA) is 102 Å². The fraction of sp³-hybridized carbons (Fsp3) is 0.286. The molecule has 9 nitrogen and oxygen atoms in total. The van der Waals surface area contributed by atoms with Gasteiger partial charge >= 0.3 is 5.97 Å². The number of rotatable bonds is 8. The van der Waals surface area contributed by atoms with Gasteiger partial charge in [-0.25, -0.2) is 4.79 Å². The van der Waals surface area contributed by atoms with Crippen LogP contribution in [0.25, 0.3) is 0 Å². The zero-order valence-corrected chi connectivity index (χ0v) is 22.4. The molecule has 0 bridgehead atoms. The van der Waals surface area contributed by atoms with Crippen molar-refractivity contribution in [3.8, 4) is 5.75 Å². The first-order valence-corrected chi connectivity index (χ1v) is 12.9. The number of carbonyl (C=O) groups is 2. The summed E-state index contributed by atoms with van der Waals surface area (Å²) in [5.74, 6) is -0.395. The van der Waals surface area contributed by atoms with Crippen molar-refractivity contribution in [1.82, 2.24) is 4.90 Å². The van der Waals surface area contributed by atoms with E-state index in [2.05, 4.69) is 0 Å². The van der Waals surface area contributed by atoms with Crippen molar-refractivity contribution >= 4 is 35.0 Å². The first-order chi connectivity index (χ1) is 18.2. The molecular weight excluding hydrogens is 506 g/mol. The van der Waals surface area contributed by atoms with Crippen LogP contribution in [0.3, 0.4) is 0 Å². The number of thioether (sulfide) groups is 1. The molecule has 0 aliphatic carbocycles. The third-order valence-corrected chi connectivity index (χ3v) is 7.58. The Labute approximate surface area is 225 Å². The molecule has 198 valence electrons. The maximum absolute atomic E-state index is 14.2. The lowest BCUT2D eigenvalue weighted by Crippen LogP contribution is -2.45. The molecule has 10 heteroatoms. The number of esters is 1. The van der Waals surface area contributed by atoms with Crippen LogP contribution in [0, 0.1) is 17.0 Å². The molecule has 3 aromatic carbocycles. The van der Waals surface area contributed by atoms with Crippen LogP contribution in [0.4, 0.5) is 11.4 Å². The summed E-state index contributed by atoms with van der Waals surface area (Å²) in [5.41, 5.74) is 2.56. The Morgan fingerprint density at radius 3 is 2.37 bits per heavy atom. The van der Waals surface area contributed by atoms with E-state index in [0.29, 0.717) is 18.8 Å². The zero-order chi connectivity index (χ0) is 27.4. The monoisotopic (exact) mass is 535 g/mol. The Hall–Kier alpha value is -3.89. The van der Waals surface area contributed by atoms with Gasteiger partial charge in [0.05, 0.1) is 28.5 Å². The lowest BCUT2D eigenvalue weighted by molar-refractivity contribution is -0.384. The molecule has 0 saturated carbocycles. The number of aryl methyl sites for hydroxylation is 1. The highest BCUT2D eigenvalue weighted by Crippen LogP contribution is 2.47. The van der Waals surface area contributed by atoms with Crippen molar-refractivity contribution in [2.45, 2.75) is 23.2 Å². The third-order valence-electron chi connectivity index (χ3n) is 6.21. The minimum absolute atomic E-state index is 0.124. The van der Waals surface area contributed by atoms with E-state index in [1.165, 1.54) is 36.0 Å². The summed E-state index contributed by atoms with van der Waals surface area (Å²) in [7, 11) is 5.44. The number of anilines is 1. The van der Waals surface area contributed by atoms with Gasteiger partial charge in [-0.2, -0.15) is 0 Å². The SMILES string of the molecule is COc1ccc([C@H]2Sc3ccc(C)cc3N(CCN(C)C)C(=O)[C@H]2OC(=O)c2ccc([N+](=O)[O-])cc2)cc1. The number of nitro benzene ring substituents is 1. The van der Waals surface area contributed by atoms with Gasteiger partial charge in [0.1, 0.15) is 5.75 Å². The van der Waals surface area contributed by atoms with Crippen LogP contribution in [-0.4, -0.2) is 62.1 Å². The summed E-state index contributed by atoms with van der Waals surface area (Å²) in [6.07, 6.45) is -1.15. The third kappa shape index (κ3) is 5.98. The van der Waals surface area contributed by atoms with Gasteiger partial charge in [0.15, 0.2) is 6.10 Å². The summed E-state index contributed by atoms with van der Waals surface area (Å²) in [6.45, 7) is 2.99. The number of hydrogen-bond acceptors (Lipinski definition) is 8. The van der Waals surface area contributed by atoms with Crippen LogP contribution in [0.15, 0.2) is 71.6 Å². The normalized spacial score (nSPS) is 17.1. The number of likely N-dealkylation sites (N-methyl/N-ethyl adjacent to an activating group) is 1. The Bertz CT molecular complexity index is 1330. The van der Waals surface area contributed by atoms with Crippen LogP contribution in [-0.2, 0) is 9.53 Å². The molecular formula is C28H29N3O6S. The van der Waals surface area contributed by atoms with Gasteiger partial charge in [-0.05, 0) is 68.5 Å². The van der Waals surface area contributed by atoms with Crippen molar-refractivity contribution in [2.24, 2.45) is 0 Å². The average molecular weight is 536 g/mol. The molecule has 2 atom stereocenters. The van der Waals surface area contributed by atoms with Gasteiger partial charge in [-0.3, -0.25) is 14.9 Å². The number of fused-ring (bicyclic) bond motifs is 1. The number of carbonyl (C=O) groups excluding carboxylic acids is 2. The van der Waals surface area contributed by atoms with E-state index in [-0.39, 0.29) is 17.2 Å². The molecule has 0 unspecified atom stereocenters. The molecule has 38 heavy (non-hydrogen) atoms. The van der Waals surface area contributed by atoms with Crippen molar-refractivity contribution in [2.75, 3.05) is 39.2 Å². The highest BCUT2D eigenvalue weighted by Gasteiger charge is 2.41. The minimum atomic E-state index is -1.15. The lowest BCUT2D eigenvalue weighted by atomic mass is 10.0. The van der Waals surface area contributed by atoms with Crippen molar-refractivity contribution in [3.63, 3.8) is 0 Å². The molecule has 1 aliphatic heterocycles. The Morgan fingerprint density at radius 1 is 1.08 bits per heavy atom. The van der Waals surface area contributed by atoms with E-state index in [4.69, 9.17) is 9.47 Å². The maximum atomic E-state index is 14.2. The van der Waals surface area contributed by atoms with Gasteiger partial charge in [-0.15, -0.1) is 11.8 Å². The highest BCUT2D eigenvalue weighted by atomic mass is 32.2. The fourth-order valence-electron chi connectivity index (χ4n) is 4.12. The average Bonchev–Trinajstić information content (AvgIpc) is 3.01. The standard InChI is InChI=1S/C28H29N3O6S/c1-18-5-14-24-23(17-18)30(16-15-29(2)3)27(32)25(26(38-24)19-8-12-22(36-4)13-9-19)37-28(33)20-6-10-21(11-7-20)31(34)35/h5-14,17,25-26H,15-16H2,1-4H3/t25-,26+/m0/s1. The predicted octanol–water partition coefficient (Wildman–Crippen LogP) is 4.88. The van der Waals surface area contributed by atoms with Gasteiger partial charge in [0.25, 0.3) is 11.6 Å². The van der Waals surface area contributed by atoms with Crippen LogP contribution >= 0.6 is 11.8 Å². The number of nitrogens with zero attached hydrogens (tertiary/aromatic N) is 3. The summed E-state index contributed by atoms with van der Waals surface area (Å²) in [5, 5.41) is 10.5. The molecule has 3 aromatic rings. The number of amides is 1. The van der Waals surface area contributed by atoms with Crippen molar-refractivity contribution in [1.29, 1.82) is 0 Å². The van der Waals surface area contributed by atoms with Gasteiger partial charge in [0, 0.05) is 30.1 Å². The predicted molar refractivity (Wildman–Crippen MR) is 146 cm³/mol. The van der Waals surface area contributed by atoms with E-state index in [9.17, 15) is 19.7 Å². The van der Waals surface area contributed by atoms with Gasteiger partial charge < -0.3 is 19.3 Å². The summed E-state index contributed by atoms with van der Waals surface area (Å²) in [6, 6.07) is 18.4. The number of nitro groups is 1. The largest absolute Gasteiger partial charge is 0.497 e.